The minimum Gasteiger partial charge on any atom is -0.504 e. The number of aromatic amines is 1. The molecule has 4 N–H and O–H groups in total. The Morgan fingerprint density at radius 1 is 0.903 bits per heavy atom. The zero-order valence-electron chi connectivity index (χ0n) is 16.7. The lowest BCUT2D eigenvalue weighted by atomic mass is 10.00. The molecule has 0 aliphatic carbocycles. The maximum absolute atomic E-state index is 12.3. The second kappa shape index (κ2) is 8.57. The first-order chi connectivity index (χ1) is 15.0. The number of rotatable bonds is 5. The Kier molecular flexibility index (Phi) is 5.68. The molecule has 0 spiro atoms. The Labute approximate surface area is 182 Å². The summed E-state index contributed by atoms with van der Waals surface area (Å²) >= 11 is 1.67. The van der Waals surface area contributed by atoms with Crippen molar-refractivity contribution in [3.63, 3.8) is 0 Å². The van der Waals surface area contributed by atoms with Crippen LogP contribution in [0.3, 0.4) is 0 Å². The summed E-state index contributed by atoms with van der Waals surface area (Å²) in [6.07, 6.45) is 3.52. The van der Waals surface area contributed by atoms with Gasteiger partial charge in [0.05, 0.1) is 12.1 Å². The quantitative estimate of drug-likeness (QED) is 0.209. The molecular formula is C24H20N2O4S. The highest BCUT2D eigenvalue weighted by atomic mass is 32.2. The summed E-state index contributed by atoms with van der Waals surface area (Å²) < 4.78 is 0. The predicted octanol–water partition coefficient (Wildman–Crippen LogP) is 4.65. The maximum atomic E-state index is 12.3. The van der Waals surface area contributed by atoms with Crippen molar-refractivity contribution < 1.29 is 15.3 Å². The smallest absolute Gasteiger partial charge is 0.258 e. The van der Waals surface area contributed by atoms with E-state index in [0.29, 0.717) is 21.9 Å². The van der Waals surface area contributed by atoms with Crippen molar-refractivity contribution in [2.75, 3.05) is 6.26 Å². The molecule has 4 rings (SSSR count). The Balaban J connectivity index is 1.74. The van der Waals surface area contributed by atoms with E-state index in [0.717, 1.165) is 16.0 Å². The van der Waals surface area contributed by atoms with Crippen LogP contribution in [0, 0.1) is 0 Å². The Bertz CT molecular complexity index is 1340. The first-order valence-electron chi connectivity index (χ1n) is 9.50. The number of nitrogens with zero attached hydrogens (tertiary/aromatic N) is 1. The summed E-state index contributed by atoms with van der Waals surface area (Å²) in [7, 11) is 0. The van der Waals surface area contributed by atoms with Crippen LogP contribution in [0.15, 0.2) is 75.3 Å². The van der Waals surface area contributed by atoms with E-state index in [2.05, 4.69) is 9.98 Å². The summed E-state index contributed by atoms with van der Waals surface area (Å²) in [5.41, 5.74) is 2.64. The van der Waals surface area contributed by atoms with Crippen LogP contribution in [0.1, 0.15) is 11.1 Å². The van der Waals surface area contributed by atoms with Gasteiger partial charge in [-0.3, -0.25) is 14.8 Å². The number of hydrogen-bond donors (Lipinski definition) is 4. The lowest BCUT2D eigenvalue weighted by molar-refractivity contribution is 0.403. The van der Waals surface area contributed by atoms with Crippen molar-refractivity contribution in [1.29, 1.82) is 0 Å². The number of aliphatic imine (C=N–C) groups is 1. The fraction of sp³-hybridized carbons (Fsp3) is 0.0833. The van der Waals surface area contributed by atoms with Crippen LogP contribution in [0.5, 0.6) is 17.4 Å². The third kappa shape index (κ3) is 4.27. The lowest BCUT2D eigenvalue weighted by Crippen LogP contribution is -2.08. The zero-order chi connectivity index (χ0) is 22.0. The van der Waals surface area contributed by atoms with E-state index in [9.17, 15) is 20.1 Å². The molecule has 31 heavy (non-hydrogen) atoms. The third-order valence-corrected chi connectivity index (χ3v) is 5.74. The predicted molar refractivity (Wildman–Crippen MR) is 125 cm³/mol. The van der Waals surface area contributed by atoms with Gasteiger partial charge in [-0.05, 0) is 59.3 Å². The van der Waals surface area contributed by atoms with Crippen LogP contribution in [0.2, 0.25) is 0 Å². The average molecular weight is 433 g/mol. The molecule has 0 aliphatic heterocycles. The number of phenolic OH excluding ortho intramolecular Hbond substituents is 2. The number of pyridine rings is 1. The van der Waals surface area contributed by atoms with Crippen molar-refractivity contribution in [3.8, 4) is 28.5 Å². The molecule has 0 amide bonds. The molecule has 4 aromatic rings. The number of H-pyrrole nitrogens is 1. The number of hydrogen-bond acceptors (Lipinski definition) is 6. The van der Waals surface area contributed by atoms with E-state index in [4.69, 9.17) is 0 Å². The molecule has 156 valence electrons. The van der Waals surface area contributed by atoms with Gasteiger partial charge in [0.25, 0.3) is 5.56 Å². The van der Waals surface area contributed by atoms with Crippen LogP contribution >= 0.6 is 11.8 Å². The van der Waals surface area contributed by atoms with Gasteiger partial charge in [0.2, 0.25) is 5.88 Å². The Hall–Kier alpha value is -3.71. The van der Waals surface area contributed by atoms with Crippen molar-refractivity contribution in [3.05, 3.63) is 82.1 Å². The minimum absolute atomic E-state index is 0.199. The molecule has 0 fully saturated rings. The number of benzene rings is 3. The van der Waals surface area contributed by atoms with Gasteiger partial charge >= 0.3 is 0 Å². The van der Waals surface area contributed by atoms with Gasteiger partial charge in [-0.25, -0.2) is 0 Å². The molecule has 0 bridgehead atoms. The Morgan fingerprint density at radius 2 is 1.65 bits per heavy atom. The van der Waals surface area contributed by atoms with Gasteiger partial charge < -0.3 is 15.3 Å². The number of nitrogens with one attached hydrogen (secondary N) is 1. The van der Waals surface area contributed by atoms with E-state index in [1.54, 1.807) is 23.9 Å². The molecule has 0 atom stereocenters. The zero-order valence-corrected chi connectivity index (χ0v) is 17.5. The van der Waals surface area contributed by atoms with Crippen molar-refractivity contribution >= 4 is 28.7 Å². The van der Waals surface area contributed by atoms with Crippen LogP contribution in [-0.2, 0) is 6.54 Å². The highest BCUT2D eigenvalue weighted by molar-refractivity contribution is 7.98. The topological polar surface area (TPSA) is 106 Å². The molecule has 6 nitrogen and oxygen atoms in total. The summed E-state index contributed by atoms with van der Waals surface area (Å²) in [6.45, 7) is 0.226. The molecule has 0 aliphatic rings. The summed E-state index contributed by atoms with van der Waals surface area (Å²) in [6, 6.07) is 18.1. The van der Waals surface area contributed by atoms with Gasteiger partial charge in [-0.15, -0.1) is 11.8 Å². The molecule has 0 saturated heterocycles. The highest BCUT2D eigenvalue weighted by Crippen LogP contribution is 2.29. The van der Waals surface area contributed by atoms with Crippen molar-refractivity contribution in [1.82, 2.24) is 4.98 Å². The van der Waals surface area contributed by atoms with Crippen LogP contribution in [-0.4, -0.2) is 32.8 Å². The van der Waals surface area contributed by atoms with Crippen molar-refractivity contribution in [2.24, 2.45) is 4.99 Å². The van der Waals surface area contributed by atoms with E-state index >= 15 is 0 Å². The number of thioether (sulfide) groups is 1. The van der Waals surface area contributed by atoms with Gasteiger partial charge in [0.1, 0.15) is 0 Å². The molecule has 0 saturated carbocycles. The first kappa shape index (κ1) is 20.6. The fourth-order valence-corrected chi connectivity index (χ4v) is 3.75. The molecule has 1 heterocycles. The van der Waals surface area contributed by atoms with Gasteiger partial charge in [0, 0.05) is 21.9 Å². The third-order valence-electron chi connectivity index (χ3n) is 5.00. The standard InChI is InChI=1S/C24H20N2O4S/c1-31-17-6-3-15(4-7-17)16-5-8-18-19(11-16)20(24(30)26-23(18)29)13-25-12-14-2-9-21(27)22(28)10-14/h2-11,13,27-28H,12H2,1H3,(H2,26,29,30). The average Bonchev–Trinajstić information content (AvgIpc) is 2.78. The van der Waals surface area contributed by atoms with Gasteiger partial charge in [-0.2, -0.15) is 0 Å². The number of aromatic nitrogens is 1. The summed E-state index contributed by atoms with van der Waals surface area (Å²) in [5.74, 6) is -0.679. The monoisotopic (exact) mass is 432 g/mol. The van der Waals surface area contributed by atoms with Crippen molar-refractivity contribution in [2.45, 2.75) is 11.4 Å². The van der Waals surface area contributed by atoms with Crippen LogP contribution < -0.4 is 5.56 Å². The summed E-state index contributed by atoms with van der Waals surface area (Å²) in [5, 5.41) is 30.5. The number of fused-ring (bicyclic) bond motifs is 1. The fourth-order valence-electron chi connectivity index (χ4n) is 3.34. The molecule has 1 aromatic heterocycles. The van der Waals surface area contributed by atoms with Crippen LogP contribution in [0.4, 0.5) is 0 Å². The molecular weight excluding hydrogens is 412 g/mol. The summed E-state index contributed by atoms with van der Waals surface area (Å²) in [4.78, 5) is 20.3. The molecule has 0 radical (unpaired) electrons. The second-order valence-corrected chi connectivity index (χ2v) is 7.88. The normalized spacial score (nSPS) is 11.4. The van der Waals surface area contributed by atoms with E-state index < -0.39 is 0 Å². The Morgan fingerprint density at radius 3 is 2.35 bits per heavy atom. The molecule has 3 aromatic carbocycles. The van der Waals surface area contributed by atoms with Crippen LogP contribution in [0.25, 0.3) is 21.9 Å². The molecule has 7 heteroatoms. The largest absolute Gasteiger partial charge is 0.504 e. The van der Waals surface area contributed by atoms with E-state index in [1.807, 2.05) is 42.7 Å². The SMILES string of the molecule is CSc1ccc(-c2ccc3c(=O)[nH]c(O)c(C=NCc4ccc(O)c(O)c4)c3c2)cc1. The first-order valence-corrected chi connectivity index (χ1v) is 10.7. The van der Waals surface area contributed by atoms with Gasteiger partial charge in [-0.1, -0.05) is 24.3 Å². The minimum atomic E-state index is -0.377. The highest BCUT2D eigenvalue weighted by Gasteiger charge is 2.11. The van der Waals surface area contributed by atoms with E-state index in [-0.39, 0.29) is 29.5 Å². The van der Waals surface area contributed by atoms with E-state index in [1.165, 1.54) is 18.3 Å². The molecule has 0 unspecified atom stereocenters. The number of aromatic hydroxyl groups is 3. The second-order valence-electron chi connectivity index (χ2n) is 7.00. The lowest BCUT2D eigenvalue weighted by Gasteiger charge is -2.08. The maximum Gasteiger partial charge on any atom is 0.258 e. The van der Waals surface area contributed by atoms with Gasteiger partial charge in [0.15, 0.2) is 11.5 Å². The number of phenols is 2.